The number of carbonyl (C=O) groups excluding carboxylic acids is 2. The molecular formula is C43H51N3O8S. The lowest BCUT2D eigenvalue weighted by molar-refractivity contribution is -0.253. The first kappa shape index (κ1) is 40.2. The Bertz CT molecular complexity index is 2020. The van der Waals surface area contributed by atoms with Crippen LogP contribution >= 0.6 is 0 Å². The molecule has 4 aromatic carbocycles. The first-order chi connectivity index (χ1) is 26.3. The van der Waals surface area contributed by atoms with Gasteiger partial charge in [0.25, 0.3) is 0 Å². The second-order valence-corrected chi connectivity index (χ2v) is 17.0. The molecule has 292 valence electrons. The Morgan fingerprint density at radius 2 is 1.64 bits per heavy atom. The van der Waals surface area contributed by atoms with Gasteiger partial charge < -0.3 is 24.6 Å². The summed E-state index contributed by atoms with van der Waals surface area (Å²) >= 11 is 0. The Balaban J connectivity index is 1.22. The van der Waals surface area contributed by atoms with Crippen LogP contribution in [0.5, 0.6) is 0 Å². The van der Waals surface area contributed by atoms with E-state index in [0.29, 0.717) is 30.6 Å². The molecule has 0 aromatic heterocycles. The lowest BCUT2D eigenvalue weighted by atomic mass is 9.99. The van der Waals surface area contributed by atoms with Crippen LogP contribution in [0.4, 0.5) is 5.69 Å². The molecule has 12 heteroatoms. The largest absolute Gasteiger partial charge is 0.459 e. The van der Waals surface area contributed by atoms with E-state index in [4.69, 9.17) is 14.2 Å². The number of nitrogens with zero attached hydrogens (tertiary/aromatic N) is 1. The van der Waals surface area contributed by atoms with Crippen LogP contribution in [0, 0.1) is 6.92 Å². The van der Waals surface area contributed by atoms with Crippen molar-refractivity contribution in [1.29, 1.82) is 0 Å². The molecule has 4 aromatic rings. The Labute approximate surface area is 324 Å². The zero-order valence-electron chi connectivity index (χ0n) is 31.8. The summed E-state index contributed by atoms with van der Waals surface area (Å²) < 4.78 is 48.5. The van der Waals surface area contributed by atoms with Gasteiger partial charge in [-0.1, -0.05) is 84.4 Å². The molecule has 0 saturated carbocycles. The smallest absolute Gasteiger partial charge is 0.323 e. The van der Waals surface area contributed by atoms with E-state index in [1.165, 1.54) is 12.1 Å². The van der Waals surface area contributed by atoms with Crippen LogP contribution < -0.4 is 10.0 Å². The maximum atomic E-state index is 13.9. The molecule has 3 N–H and O–H groups in total. The second-order valence-electron chi connectivity index (χ2n) is 15.3. The van der Waals surface area contributed by atoms with Crippen LogP contribution in [-0.4, -0.2) is 67.2 Å². The minimum atomic E-state index is -4.03. The molecule has 0 bridgehead atoms. The highest BCUT2D eigenvalue weighted by molar-refractivity contribution is 7.89. The zero-order valence-corrected chi connectivity index (χ0v) is 32.6. The maximum Gasteiger partial charge on any atom is 0.323 e. The predicted octanol–water partition coefficient (Wildman–Crippen LogP) is 6.37. The van der Waals surface area contributed by atoms with E-state index in [0.717, 1.165) is 35.2 Å². The number of hydrogen-bond acceptors (Lipinski definition) is 9. The Morgan fingerprint density at radius 3 is 2.33 bits per heavy atom. The summed E-state index contributed by atoms with van der Waals surface area (Å²) in [5.41, 5.74) is 3.93. The van der Waals surface area contributed by atoms with E-state index in [2.05, 4.69) is 14.9 Å². The number of esters is 1. The molecular weight excluding hydrogens is 719 g/mol. The van der Waals surface area contributed by atoms with Gasteiger partial charge in [0.05, 0.1) is 23.7 Å². The molecule has 0 spiro atoms. The van der Waals surface area contributed by atoms with E-state index in [9.17, 15) is 23.1 Å². The number of aliphatic hydroxyl groups is 1. The van der Waals surface area contributed by atoms with E-state index in [-0.39, 0.29) is 42.1 Å². The van der Waals surface area contributed by atoms with Gasteiger partial charge in [0.2, 0.25) is 15.9 Å². The quantitative estimate of drug-likeness (QED) is 0.132. The Hall–Kier alpha value is -4.43. The number of amides is 1. The average molecular weight is 770 g/mol. The number of nitrogens with one attached hydrogen (secondary N) is 2. The summed E-state index contributed by atoms with van der Waals surface area (Å²) in [7, 11) is -4.03. The van der Waals surface area contributed by atoms with E-state index in [1.54, 1.807) is 30.3 Å². The van der Waals surface area contributed by atoms with Crippen molar-refractivity contribution in [2.75, 3.05) is 18.4 Å². The first-order valence-corrected chi connectivity index (χ1v) is 20.3. The van der Waals surface area contributed by atoms with E-state index >= 15 is 0 Å². The molecule has 1 amide bonds. The van der Waals surface area contributed by atoms with Crippen molar-refractivity contribution >= 4 is 27.6 Å². The van der Waals surface area contributed by atoms with Gasteiger partial charge >= 0.3 is 5.97 Å². The molecule has 0 radical (unpaired) electrons. The van der Waals surface area contributed by atoms with Crippen molar-refractivity contribution in [2.45, 2.75) is 101 Å². The summed E-state index contributed by atoms with van der Waals surface area (Å²) in [5, 5.41) is 12.6. The van der Waals surface area contributed by atoms with Gasteiger partial charge in [0, 0.05) is 24.2 Å². The van der Waals surface area contributed by atoms with Gasteiger partial charge in [-0.05, 0) is 94.5 Å². The number of anilines is 1. The zero-order chi connectivity index (χ0) is 39.2. The van der Waals surface area contributed by atoms with E-state index < -0.39 is 33.9 Å². The topological polar surface area (TPSA) is 144 Å². The first-order valence-electron chi connectivity index (χ1n) is 18.8. The molecule has 2 fully saturated rings. The number of benzene rings is 4. The lowest BCUT2D eigenvalue weighted by Crippen LogP contribution is -2.45. The summed E-state index contributed by atoms with van der Waals surface area (Å²) in [6.45, 7) is 8.64. The van der Waals surface area contributed by atoms with Gasteiger partial charge in [0.1, 0.15) is 17.7 Å². The monoisotopic (exact) mass is 769 g/mol. The fourth-order valence-corrected chi connectivity index (χ4v) is 8.17. The normalized spacial score (nSPS) is 21.2. The van der Waals surface area contributed by atoms with Crippen LogP contribution in [0.15, 0.2) is 108 Å². The van der Waals surface area contributed by atoms with Crippen LogP contribution in [0.3, 0.4) is 0 Å². The van der Waals surface area contributed by atoms with Crippen molar-refractivity contribution in [3.8, 4) is 0 Å². The third-order valence-electron chi connectivity index (χ3n) is 9.75. The standard InChI is InChI=1S/C43H51N3O8S/c1-29-15-21-36(22-16-29)55(50,51)45-37(24-30-10-6-5-7-11-30)40(48)44-34-13-8-12-33(25-34)42-52-35(26-39(53-42)32-19-17-31(28-47)18-20-32)27-46-23-9-14-38(46)41(49)54-43(2,3)4/h5-8,10-13,15-22,25,35,37-39,42,45,47H,9,14,23-24,26-28H2,1-4H3,(H,44,48)/t35-,37-,38+,39+,42+/m1/s1. The van der Waals surface area contributed by atoms with Crippen molar-refractivity contribution in [2.24, 2.45) is 0 Å². The minimum Gasteiger partial charge on any atom is -0.459 e. The molecule has 0 unspecified atom stereocenters. The molecule has 55 heavy (non-hydrogen) atoms. The van der Waals surface area contributed by atoms with Gasteiger partial charge in [-0.25, -0.2) is 8.42 Å². The fraction of sp³-hybridized carbons (Fsp3) is 0.395. The third kappa shape index (κ3) is 10.9. The molecule has 0 aliphatic carbocycles. The number of carbonyl (C=O) groups is 2. The van der Waals surface area contributed by atoms with Gasteiger partial charge in [-0.3, -0.25) is 14.5 Å². The van der Waals surface area contributed by atoms with E-state index in [1.807, 2.05) is 88.4 Å². The van der Waals surface area contributed by atoms with Gasteiger partial charge in [0.15, 0.2) is 6.29 Å². The number of rotatable bonds is 13. The summed E-state index contributed by atoms with van der Waals surface area (Å²) in [6.07, 6.45) is 0.758. The number of likely N-dealkylation sites (tertiary alicyclic amines) is 1. The van der Waals surface area contributed by atoms with Crippen LogP contribution in [0.1, 0.15) is 80.2 Å². The number of aliphatic hydroxyl groups excluding tert-OH is 1. The van der Waals surface area contributed by atoms with Crippen molar-refractivity contribution < 1.29 is 37.3 Å². The SMILES string of the molecule is Cc1ccc(S(=O)(=O)N[C@H](Cc2ccccc2)C(=O)Nc2cccc([C@H]3O[C@@H](CN4CCC[C@H]4C(=O)OC(C)(C)C)C[C@@H](c4ccc(CO)cc4)O3)c2)cc1. The van der Waals surface area contributed by atoms with Crippen molar-refractivity contribution in [3.05, 3.63) is 131 Å². The number of hydrogen-bond donors (Lipinski definition) is 3. The summed E-state index contributed by atoms with van der Waals surface area (Å²) in [6, 6.07) is 29.0. The van der Waals surface area contributed by atoms with Gasteiger partial charge in [-0.2, -0.15) is 4.72 Å². The van der Waals surface area contributed by atoms with Crippen LogP contribution in [-0.2, 0) is 46.9 Å². The van der Waals surface area contributed by atoms with Crippen LogP contribution in [0.2, 0.25) is 0 Å². The Kier molecular flexibility index (Phi) is 12.9. The number of sulfonamides is 1. The Morgan fingerprint density at radius 1 is 0.909 bits per heavy atom. The molecule has 6 rings (SSSR count). The van der Waals surface area contributed by atoms with Crippen LogP contribution in [0.25, 0.3) is 0 Å². The molecule has 11 nitrogen and oxygen atoms in total. The van der Waals surface area contributed by atoms with Crippen molar-refractivity contribution in [3.63, 3.8) is 0 Å². The fourth-order valence-electron chi connectivity index (χ4n) is 6.98. The highest BCUT2D eigenvalue weighted by Crippen LogP contribution is 2.39. The number of aryl methyl sites for hydroxylation is 1. The summed E-state index contributed by atoms with van der Waals surface area (Å²) in [4.78, 5) is 29.3. The molecule has 2 saturated heterocycles. The average Bonchev–Trinajstić information content (AvgIpc) is 3.63. The van der Waals surface area contributed by atoms with Crippen molar-refractivity contribution in [1.82, 2.24) is 9.62 Å². The molecule has 2 aliphatic rings. The lowest BCUT2D eigenvalue weighted by Gasteiger charge is -2.38. The molecule has 2 aliphatic heterocycles. The molecule has 5 atom stereocenters. The van der Waals surface area contributed by atoms with Gasteiger partial charge in [-0.15, -0.1) is 0 Å². The maximum absolute atomic E-state index is 13.9. The second kappa shape index (κ2) is 17.6. The highest BCUT2D eigenvalue weighted by atomic mass is 32.2. The summed E-state index contributed by atoms with van der Waals surface area (Å²) in [5.74, 6) is -0.760. The minimum absolute atomic E-state index is 0.0685. The number of ether oxygens (including phenoxy) is 3. The molecule has 2 heterocycles. The predicted molar refractivity (Wildman–Crippen MR) is 209 cm³/mol. The highest BCUT2D eigenvalue weighted by Gasteiger charge is 2.39. The third-order valence-corrected chi connectivity index (χ3v) is 11.2.